The molecule has 22 heavy (non-hydrogen) atoms. The number of hydrogen-bond acceptors (Lipinski definition) is 5. The predicted molar refractivity (Wildman–Crippen MR) is 78.9 cm³/mol. The van der Waals surface area contributed by atoms with Crippen molar-refractivity contribution in [3.63, 3.8) is 0 Å². The van der Waals surface area contributed by atoms with E-state index in [-0.39, 0.29) is 29.5 Å². The molecule has 5 nitrogen and oxygen atoms in total. The monoisotopic (exact) mass is 324 g/mol. The van der Waals surface area contributed by atoms with Crippen molar-refractivity contribution in [3.8, 4) is 0 Å². The average Bonchev–Trinajstić information content (AvgIpc) is 3.15. The summed E-state index contributed by atoms with van der Waals surface area (Å²) in [6, 6.07) is 8.50. The van der Waals surface area contributed by atoms with Crippen LogP contribution in [0.3, 0.4) is 0 Å². The van der Waals surface area contributed by atoms with Crippen molar-refractivity contribution in [2.45, 2.75) is 55.0 Å². The smallest absolute Gasteiger partial charge is 0.181 e. The van der Waals surface area contributed by atoms with Gasteiger partial charge in [-0.2, -0.15) is 0 Å². The molecular formula is C16H20O5S. The van der Waals surface area contributed by atoms with E-state index < -0.39 is 15.4 Å². The zero-order chi connectivity index (χ0) is 15.6. The van der Waals surface area contributed by atoms with Crippen molar-refractivity contribution in [2.24, 2.45) is 5.92 Å². The molecule has 1 aliphatic carbocycles. The van der Waals surface area contributed by atoms with Crippen LogP contribution in [0.4, 0.5) is 0 Å². The highest BCUT2D eigenvalue weighted by atomic mass is 32.2. The van der Waals surface area contributed by atoms with Crippen molar-refractivity contribution >= 4 is 9.84 Å². The summed E-state index contributed by atoms with van der Waals surface area (Å²) in [5.41, 5.74) is -1.07. The maximum Gasteiger partial charge on any atom is 0.181 e. The topological polar surface area (TPSA) is 65.1 Å². The summed E-state index contributed by atoms with van der Waals surface area (Å²) in [6.07, 6.45) is 1.69. The summed E-state index contributed by atoms with van der Waals surface area (Å²) in [5.74, 6) is 0.0514. The first-order chi connectivity index (χ1) is 10.3. The molecule has 1 saturated carbocycles. The standard InChI is InChI=1S/C16H20O5S/c1-15(10-22(17,18)12-6-4-3-5-7-12)11-8-13-16(2,19-13)14(9-11)20-21-15/h3-7,11,13-14H,8-10H2,1-2H3/t11?,13?,14?,15-,16+/m0/s1. The van der Waals surface area contributed by atoms with Crippen molar-refractivity contribution in [2.75, 3.05) is 5.75 Å². The highest BCUT2D eigenvalue weighted by molar-refractivity contribution is 7.91. The minimum Gasteiger partial charge on any atom is -0.363 e. The molecule has 0 aromatic heterocycles. The van der Waals surface area contributed by atoms with E-state index in [1.54, 1.807) is 30.3 Å². The van der Waals surface area contributed by atoms with Gasteiger partial charge in [-0.1, -0.05) is 18.2 Å². The largest absolute Gasteiger partial charge is 0.363 e. The molecule has 3 fully saturated rings. The highest BCUT2D eigenvalue weighted by Crippen LogP contribution is 2.56. The molecule has 4 rings (SSSR count). The molecule has 0 N–H and O–H groups in total. The first-order valence-corrected chi connectivity index (χ1v) is 9.29. The van der Waals surface area contributed by atoms with Crippen molar-refractivity contribution in [3.05, 3.63) is 30.3 Å². The molecule has 120 valence electrons. The lowest BCUT2D eigenvalue weighted by molar-refractivity contribution is -0.424. The Kier molecular flexibility index (Phi) is 3.02. The minimum atomic E-state index is -3.42. The first kappa shape index (κ1) is 14.6. The number of benzene rings is 1. The fourth-order valence-electron chi connectivity index (χ4n) is 3.78. The van der Waals surface area contributed by atoms with E-state index >= 15 is 0 Å². The number of epoxide rings is 1. The summed E-state index contributed by atoms with van der Waals surface area (Å²) in [4.78, 5) is 11.4. The van der Waals surface area contributed by atoms with E-state index in [9.17, 15) is 8.42 Å². The zero-order valence-electron chi connectivity index (χ0n) is 12.7. The van der Waals surface area contributed by atoms with Gasteiger partial charge < -0.3 is 4.74 Å². The van der Waals surface area contributed by atoms with Crippen molar-refractivity contribution in [1.29, 1.82) is 0 Å². The molecule has 3 aliphatic rings. The second-order valence-corrected chi connectivity index (χ2v) is 9.00. The fraction of sp³-hybridized carbons (Fsp3) is 0.625. The van der Waals surface area contributed by atoms with Gasteiger partial charge in [0.05, 0.1) is 16.8 Å². The SMILES string of the molecule is C[C@@]12OC1CC1CC2OO[C@@]1(C)CS(=O)(=O)c1ccccc1. The Morgan fingerprint density at radius 1 is 1.14 bits per heavy atom. The maximum absolute atomic E-state index is 12.7. The highest BCUT2D eigenvalue weighted by Gasteiger charge is 2.67. The Morgan fingerprint density at radius 3 is 2.55 bits per heavy atom. The van der Waals surface area contributed by atoms with Gasteiger partial charge in [0.2, 0.25) is 0 Å². The van der Waals surface area contributed by atoms with Gasteiger partial charge in [-0.05, 0) is 44.7 Å². The number of rotatable bonds is 3. The number of fused-ring (bicyclic) bond motifs is 4. The Balaban J connectivity index is 1.58. The third kappa shape index (κ3) is 2.12. The zero-order valence-corrected chi connectivity index (χ0v) is 13.5. The number of sulfone groups is 1. The molecule has 1 aromatic rings. The Labute approximate surface area is 130 Å². The normalized spacial score (nSPS) is 43.5. The Morgan fingerprint density at radius 2 is 1.82 bits per heavy atom. The molecule has 5 atom stereocenters. The fourth-order valence-corrected chi connectivity index (χ4v) is 5.56. The lowest BCUT2D eigenvalue weighted by atomic mass is 9.73. The van der Waals surface area contributed by atoms with Crippen LogP contribution in [0.25, 0.3) is 0 Å². The molecule has 2 heterocycles. The van der Waals surface area contributed by atoms with Crippen LogP contribution in [0.1, 0.15) is 26.7 Å². The Hall–Kier alpha value is -0.950. The third-order valence-electron chi connectivity index (χ3n) is 5.41. The van der Waals surface area contributed by atoms with Gasteiger partial charge >= 0.3 is 0 Å². The maximum atomic E-state index is 12.7. The quantitative estimate of drug-likeness (QED) is 0.629. The van der Waals surface area contributed by atoms with Crippen LogP contribution in [-0.4, -0.2) is 37.6 Å². The van der Waals surface area contributed by atoms with Crippen LogP contribution in [0.5, 0.6) is 0 Å². The van der Waals surface area contributed by atoms with Crippen molar-refractivity contribution < 1.29 is 22.9 Å². The van der Waals surface area contributed by atoms with Gasteiger partial charge in [-0.15, -0.1) is 0 Å². The average molecular weight is 324 g/mol. The minimum absolute atomic E-state index is 0.0785. The summed E-state index contributed by atoms with van der Waals surface area (Å²) >= 11 is 0. The van der Waals surface area contributed by atoms with Crippen LogP contribution in [-0.2, 0) is 24.3 Å². The van der Waals surface area contributed by atoms with Crippen LogP contribution in [0.2, 0.25) is 0 Å². The van der Waals surface area contributed by atoms with Crippen molar-refractivity contribution in [1.82, 2.24) is 0 Å². The van der Waals surface area contributed by atoms with Crippen LogP contribution in [0, 0.1) is 5.92 Å². The molecule has 6 heteroatoms. The molecule has 2 aliphatic heterocycles. The van der Waals surface area contributed by atoms with Gasteiger partial charge in [0.1, 0.15) is 17.3 Å². The van der Waals surface area contributed by atoms with Gasteiger partial charge in [0, 0.05) is 0 Å². The summed E-state index contributed by atoms with van der Waals surface area (Å²) in [6.45, 7) is 3.87. The van der Waals surface area contributed by atoms with E-state index in [1.165, 1.54) is 0 Å². The molecule has 0 radical (unpaired) electrons. The number of hydrogen-bond donors (Lipinski definition) is 0. The van der Waals surface area contributed by atoms with Gasteiger partial charge in [-0.3, -0.25) is 0 Å². The van der Waals surface area contributed by atoms with E-state index in [1.807, 2.05) is 13.8 Å². The van der Waals surface area contributed by atoms with Crippen LogP contribution < -0.4 is 0 Å². The molecule has 3 unspecified atom stereocenters. The lowest BCUT2D eigenvalue weighted by Crippen LogP contribution is -2.56. The molecule has 2 saturated heterocycles. The van der Waals surface area contributed by atoms with Crippen LogP contribution in [0.15, 0.2) is 35.2 Å². The third-order valence-corrected chi connectivity index (χ3v) is 7.36. The van der Waals surface area contributed by atoms with E-state index in [2.05, 4.69) is 0 Å². The second-order valence-electron chi connectivity index (χ2n) is 7.01. The molecular weight excluding hydrogens is 304 g/mol. The number of ether oxygens (including phenoxy) is 1. The Bertz CT molecular complexity index is 688. The van der Waals surface area contributed by atoms with E-state index in [4.69, 9.17) is 14.5 Å². The molecule has 1 aromatic carbocycles. The molecule has 2 bridgehead atoms. The van der Waals surface area contributed by atoms with Gasteiger partial charge in [0.25, 0.3) is 0 Å². The summed E-state index contributed by atoms with van der Waals surface area (Å²) in [5, 5.41) is 0. The first-order valence-electron chi connectivity index (χ1n) is 7.64. The second kappa shape index (κ2) is 4.54. The van der Waals surface area contributed by atoms with Gasteiger partial charge in [-0.25, -0.2) is 18.2 Å². The summed E-state index contributed by atoms with van der Waals surface area (Å²) < 4.78 is 31.0. The summed E-state index contributed by atoms with van der Waals surface area (Å²) in [7, 11) is -3.42. The van der Waals surface area contributed by atoms with E-state index in [0.29, 0.717) is 4.90 Å². The molecule has 0 spiro atoms. The van der Waals surface area contributed by atoms with Gasteiger partial charge in [0.15, 0.2) is 9.84 Å². The lowest BCUT2D eigenvalue weighted by Gasteiger charge is -2.45. The molecule has 0 amide bonds. The predicted octanol–water partition coefficient (Wildman–Crippen LogP) is 2.12. The van der Waals surface area contributed by atoms with Crippen LogP contribution >= 0.6 is 0 Å². The van der Waals surface area contributed by atoms with E-state index in [0.717, 1.165) is 12.8 Å².